The first-order chi connectivity index (χ1) is 9.99. The molecule has 0 saturated heterocycles. The van der Waals surface area contributed by atoms with Gasteiger partial charge in [0.25, 0.3) is 0 Å². The van der Waals surface area contributed by atoms with Gasteiger partial charge in [0, 0.05) is 18.0 Å². The van der Waals surface area contributed by atoms with E-state index in [1.807, 2.05) is 13.0 Å². The van der Waals surface area contributed by atoms with Gasteiger partial charge in [-0.1, -0.05) is 62.7 Å². The fourth-order valence-electron chi connectivity index (χ4n) is 2.09. The highest BCUT2D eigenvalue weighted by Gasteiger charge is 2.13. The van der Waals surface area contributed by atoms with Gasteiger partial charge in [0.1, 0.15) is 16.8 Å². The molecule has 0 spiro atoms. The van der Waals surface area contributed by atoms with Crippen molar-refractivity contribution >= 4 is 17.4 Å². The van der Waals surface area contributed by atoms with E-state index in [1.165, 1.54) is 5.56 Å². The van der Waals surface area contributed by atoms with E-state index in [4.69, 9.17) is 11.6 Å². The molecule has 112 valence electrons. The van der Waals surface area contributed by atoms with Gasteiger partial charge in [0.05, 0.1) is 0 Å². The molecule has 0 bridgehead atoms. The summed E-state index contributed by atoms with van der Waals surface area (Å²) in [6.45, 7) is 9.09. The minimum Gasteiger partial charge on any atom is -0.369 e. The van der Waals surface area contributed by atoms with E-state index in [9.17, 15) is 0 Å². The number of aromatic nitrogens is 2. The number of hydrogen-bond acceptors (Lipinski definition) is 3. The summed E-state index contributed by atoms with van der Waals surface area (Å²) in [5, 5.41) is 3.94. The third-order valence-corrected chi connectivity index (χ3v) is 3.93. The number of halogens is 1. The summed E-state index contributed by atoms with van der Waals surface area (Å²) in [5.74, 6) is 2.28. The minimum absolute atomic E-state index is 0.259. The third kappa shape index (κ3) is 3.94. The highest BCUT2D eigenvalue weighted by atomic mass is 35.5. The Morgan fingerprint density at radius 3 is 2.38 bits per heavy atom. The molecular formula is C17H22ClN3. The highest BCUT2D eigenvalue weighted by molar-refractivity contribution is 6.30. The van der Waals surface area contributed by atoms with Crippen LogP contribution in [0.1, 0.15) is 49.6 Å². The van der Waals surface area contributed by atoms with Crippen LogP contribution in [0.2, 0.25) is 5.15 Å². The van der Waals surface area contributed by atoms with Crippen LogP contribution in [0.5, 0.6) is 0 Å². The van der Waals surface area contributed by atoms with Gasteiger partial charge in [0.2, 0.25) is 0 Å². The van der Waals surface area contributed by atoms with Crippen molar-refractivity contribution in [1.82, 2.24) is 9.97 Å². The predicted molar refractivity (Wildman–Crippen MR) is 89.2 cm³/mol. The highest BCUT2D eigenvalue weighted by Crippen LogP contribution is 2.24. The van der Waals surface area contributed by atoms with E-state index >= 15 is 0 Å². The summed E-state index contributed by atoms with van der Waals surface area (Å²) in [6, 6.07) is 10.5. The van der Waals surface area contributed by atoms with Crippen molar-refractivity contribution in [1.29, 1.82) is 0 Å². The van der Waals surface area contributed by atoms with Gasteiger partial charge < -0.3 is 5.32 Å². The molecule has 2 rings (SSSR count). The molecule has 1 heterocycles. The van der Waals surface area contributed by atoms with E-state index < -0.39 is 0 Å². The van der Waals surface area contributed by atoms with E-state index in [0.29, 0.717) is 11.1 Å². The number of nitrogens with one attached hydrogen (secondary N) is 1. The van der Waals surface area contributed by atoms with Crippen LogP contribution in [0.15, 0.2) is 30.3 Å². The van der Waals surface area contributed by atoms with Crippen LogP contribution in [0, 0.1) is 6.92 Å². The Kier molecular flexibility index (Phi) is 5.18. The van der Waals surface area contributed by atoms with Crippen LogP contribution in [0.4, 0.5) is 5.82 Å². The van der Waals surface area contributed by atoms with E-state index in [2.05, 4.69) is 60.3 Å². The Hall–Kier alpha value is -1.61. The SMILES string of the molecule is Cc1c(Cl)nc(C(C)C)nc1NCC(C)c1ccccc1. The fraction of sp³-hybridized carbons (Fsp3) is 0.412. The predicted octanol–water partition coefficient (Wildman–Crippen LogP) is 4.78. The maximum atomic E-state index is 6.20. The number of benzene rings is 1. The lowest BCUT2D eigenvalue weighted by Crippen LogP contribution is -2.13. The lowest BCUT2D eigenvalue weighted by molar-refractivity contribution is 0.761. The normalized spacial score (nSPS) is 12.5. The molecule has 0 amide bonds. The Morgan fingerprint density at radius 2 is 1.76 bits per heavy atom. The molecule has 1 unspecified atom stereocenters. The quantitative estimate of drug-likeness (QED) is 0.808. The zero-order valence-corrected chi connectivity index (χ0v) is 13.8. The molecule has 0 aliphatic carbocycles. The van der Waals surface area contributed by atoms with Crippen molar-refractivity contribution in [2.45, 2.75) is 39.5 Å². The molecule has 1 aromatic heterocycles. The second kappa shape index (κ2) is 6.90. The van der Waals surface area contributed by atoms with Crippen LogP contribution >= 0.6 is 11.6 Å². The first-order valence-electron chi connectivity index (χ1n) is 7.32. The second-order valence-electron chi connectivity index (χ2n) is 5.69. The summed E-state index contributed by atoms with van der Waals surface area (Å²) in [5.41, 5.74) is 2.22. The van der Waals surface area contributed by atoms with Gasteiger partial charge in [-0.25, -0.2) is 9.97 Å². The summed E-state index contributed by atoms with van der Waals surface area (Å²) in [4.78, 5) is 8.92. The van der Waals surface area contributed by atoms with Crippen LogP contribution in [-0.4, -0.2) is 16.5 Å². The van der Waals surface area contributed by atoms with Crippen molar-refractivity contribution in [3.05, 3.63) is 52.4 Å². The summed E-state index contributed by atoms with van der Waals surface area (Å²) >= 11 is 6.20. The van der Waals surface area contributed by atoms with Gasteiger partial charge in [-0.15, -0.1) is 0 Å². The Bertz CT molecular complexity index is 596. The maximum Gasteiger partial charge on any atom is 0.137 e. The monoisotopic (exact) mass is 303 g/mol. The average Bonchev–Trinajstić information content (AvgIpc) is 2.49. The van der Waals surface area contributed by atoms with Gasteiger partial charge in [-0.3, -0.25) is 0 Å². The van der Waals surface area contributed by atoms with Crippen molar-refractivity contribution in [3.63, 3.8) is 0 Å². The van der Waals surface area contributed by atoms with Gasteiger partial charge in [-0.05, 0) is 18.4 Å². The molecular weight excluding hydrogens is 282 g/mol. The topological polar surface area (TPSA) is 37.8 Å². The lowest BCUT2D eigenvalue weighted by Gasteiger charge is -2.16. The Morgan fingerprint density at radius 1 is 1.10 bits per heavy atom. The summed E-state index contributed by atoms with van der Waals surface area (Å²) in [7, 11) is 0. The van der Waals surface area contributed by atoms with E-state index in [-0.39, 0.29) is 5.92 Å². The number of hydrogen-bond donors (Lipinski definition) is 1. The standard InChI is InChI=1S/C17H22ClN3/c1-11(2)16-20-15(18)13(4)17(21-16)19-10-12(3)14-8-6-5-7-9-14/h5-9,11-12H,10H2,1-4H3,(H,19,20,21). The first kappa shape index (κ1) is 15.8. The average molecular weight is 304 g/mol. The van der Waals surface area contributed by atoms with Gasteiger partial charge in [-0.2, -0.15) is 0 Å². The van der Waals surface area contributed by atoms with Gasteiger partial charge in [0.15, 0.2) is 0 Å². The minimum atomic E-state index is 0.259. The first-order valence-corrected chi connectivity index (χ1v) is 7.69. The third-order valence-electron chi connectivity index (χ3n) is 3.56. The number of rotatable bonds is 5. The molecule has 0 aliphatic heterocycles. The molecule has 4 heteroatoms. The maximum absolute atomic E-state index is 6.20. The molecule has 0 saturated carbocycles. The fourth-order valence-corrected chi connectivity index (χ4v) is 2.26. The number of nitrogens with zero attached hydrogens (tertiary/aromatic N) is 2. The molecule has 2 aromatic rings. The molecule has 0 aliphatic rings. The van der Waals surface area contributed by atoms with E-state index in [1.54, 1.807) is 0 Å². The van der Waals surface area contributed by atoms with E-state index in [0.717, 1.165) is 23.8 Å². The van der Waals surface area contributed by atoms with Crippen molar-refractivity contribution in [2.24, 2.45) is 0 Å². The summed E-state index contributed by atoms with van der Waals surface area (Å²) < 4.78 is 0. The number of anilines is 1. The van der Waals surface area contributed by atoms with Crippen LogP contribution in [0.3, 0.4) is 0 Å². The van der Waals surface area contributed by atoms with Crippen molar-refractivity contribution < 1.29 is 0 Å². The lowest BCUT2D eigenvalue weighted by atomic mass is 10.0. The van der Waals surface area contributed by atoms with Crippen molar-refractivity contribution in [3.8, 4) is 0 Å². The largest absolute Gasteiger partial charge is 0.369 e. The van der Waals surface area contributed by atoms with Gasteiger partial charge >= 0.3 is 0 Å². The van der Waals surface area contributed by atoms with Crippen molar-refractivity contribution in [2.75, 3.05) is 11.9 Å². The molecule has 1 atom stereocenters. The van der Waals surface area contributed by atoms with Crippen LogP contribution in [-0.2, 0) is 0 Å². The molecule has 3 nitrogen and oxygen atoms in total. The Labute approximate surface area is 131 Å². The zero-order chi connectivity index (χ0) is 15.4. The smallest absolute Gasteiger partial charge is 0.137 e. The second-order valence-corrected chi connectivity index (χ2v) is 6.05. The molecule has 1 aromatic carbocycles. The Balaban J connectivity index is 2.13. The zero-order valence-electron chi connectivity index (χ0n) is 13.0. The molecule has 1 N–H and O–H groups in total. The van der Waals surface area contributed by atoms with Crippen LogP contribution < -0.4 is 5.32 Å². The molecule has 0 radical (unpaired) electrons. The summed E-state index contributed by atoms with van der Waals surface area (Å²) in [6.07, 6.45) is 0. The van der Waals surface area contributed by atoms with Crippen LogP contribution in [0.25, 0.3) is 0 Å². The molecule has 21 heavy (non-hydrogen) atoms. The molecule has 0 fully saturated rings.